The number of nitrogens with one attached hydrogen (secondary N) is 3. The Morgan fingerprint density at radius 3 is 2.61 bits per heavy atom. The number of amides is 1. The lowest BCUT2D eigenvalue weighted by atomic mass is 9.98. The summed E-state index contributed by atoms with van der Waals surface area (Å²) in [7, 11) is 0. The fourth-order valence-corrected chi connectivity index (χ4v) is 3.73. The molecule has 0 spiro atoms. The number of carbonyl (C=O) groups excluding carboxylic acids is 1. The molecule has 0 radical (unpaired) electrons. The zero-order valence-electron chi connectivity index (χ0n) is 12.5. The van der Waals surface area contributed by atoms with Crippen molar-refractivity contribution in [2.75, 3.05) is 5.32 Å². The first kappa shape index (κ1) is 17.8. The molecular formula is C15H21Cl2N5O. The van der Waals surface area contributed by atoms with E-state index >= 15 is 0 Å². The van der Waals surface area contributed by atoms with Gasteiger partial charge in [-0.15, -0.1) is 24.8 Å². The predicted octanol–water partition coefficient (Wildman–Crippen LogP) is 2.20. The summed E-state index contributed by atoms with van der Waals surface area (Å²) in [4.78, 5) is 19.0. The number of hydrogen-bond donors (Lipinski definition) is 4. The third-order valence-corrected chi connectivity index (χ3v) is 4.67. The van der Waals surface area contributed by atoms with Gasteiger partial charge in [-0.1, -0.05) is 0 Å². The van der Waals surface area contributed by atoms with Gasteiger partial charge in [-0.3, -0.25) is 4.79 Å². The molecule has 2 bridgehead atoms. The van der Waals surface area contributed by atoms with Gasteiger partial charge in [-0.25, -0.2) is 4.98 Å². The van der Waals surface area contributed by atoms with Crippen LogP contribution in [0.25, 0.3) is 11.0 Å². The van der Waals surface area contributed by atoms with Crippen molar-refractivity contribution in [3.05, 3.63) is 24.0 Å². The Kier molecular flexibility index (Phi) is 5.39. The molecule has 2 aliphatic heterocycles. The number of halogens is 2. The van der Waals surface area contributed by atoms with Crippen LogP contribution in [0.3, 0.4) is 0 Å². The minimum absolute atomic E-state index is 0. The van der Waals surface area contributed by atoms with Crippen LogP contribution < -0.4 is 16.4 Å². The van der Waals surface area contributed by atoms with E-state index < -0.39 is 5.91 Å². The highest BCUT2D eigenvalue weighted by Crippen LogP contribution is 2.32. The normalized spacial score (nSPS) is 25.5. The summed E-state index contributed by atoms with van der Waals surface area (Å²) in [6.45, 7) is 0. The number of anilines is 1. The smallest absolute Gasteiger partial charge is 0.252 e. The minimum atomic E-state index is -0.440. The number of nitrogens with zero attached hydrogens (tertiary/aromatic N) is 1. The number of nitrogens with two attached hydrogens (primary N) is 1. The van der Waals surface area contributed by atoms with E-state index in [9.17, 15) is 4.79 Å². The summed E-state index contributed by atoms with van der Waals surface area (Å²) in [6.07, 6.45) is 8.06. The maximum Gasteiger partial charge on any atom is 0.252 e. The molecular weight excluding hydrogens is 337 g/mol. The lowest BCUT2D eigenvalue weighted by Gasteiger charge is -2.31. The quantitative estimate of drug-likeness (QED) is 0.676. The monoisotopic (exact) mass is 357 g/mol. The van der Waals surface area contributed by atoms with Crippen LogP contribution in [0.2, 0.25) is 0 Å². The van der Waals surface area contributed by atoms with Crippen molar-refractivity contribution in [1.29, 1.82) is 0 Å². The number of carbonyl (C=O) groups is 1. The zero-order valence-corrected chi connectivity index (χ0v) is 14.2. The molecule has 0 saturated carbocycles. The summed E-state index contributed by atoms with van der Waals surface area (Å²) in [6, 6.07) is 3.51. The van der Waals surface area contributed by atoms with Crippen LogP contribution in [0, 0.1) is 0 Å². The first-order valence-electron chi connectivity index (χ1n) is 7.49. The molecule has 2 saturated heterocycles. The molecule has 4 rings (SSSR count). The standard InChI is InChI=1S/C15H19N5O.2ClH/c16-14(21)12-7-18-15-11(3-4-17-15)13(12)20-10-5-8-1-2-9(6-10)19-8;;/h3-4,7-10,19H,1-2,5-6H2,(H2,16,21)(H2,17,18,20);2*1H/t8-,9+,10?;;. The molecule has 4 heterocycles. The van der Waals surface area contributed by atoms with Gasteiger partial charge in [0.2, 0.25) is 0 Å². The Hall–Kier alpha value is -1.50. The van der Waals surface area contributed by atoms with Crippen LogP contribution in [0.5, 0.6) is 0 Å². The molecule has 1 amide bonds. The van der Waals surface area contributed by atoms with Gasteiger partial charge < -0.3 is 21.4 Å². The second kappa shape index (κ2) is 6.95. The van der Waals surface area contributed by atoms with Crippen molar-refractivity contribution >= 4 is 47.4 Å². The molecule has 3 atom stereocenters. The molecule has 0 aliphatic carbocycles. The topological polar surface area (TPSA) is 95.8 Å². The number of primary amides is 1. The lowest BCUT2D eigenvalue weighted by molar-refractivity contribution is 0.100. The number of aromatic amines is 1. The predicted molar refractivity (Wildman–Crippen MR) is 95.7 cm³/mol. The van der Waals surface area contributed by atoms with Crippen molar-refractivity contribution in [2.24, 2.45) is 5.73 Å². The number of H-pyrrole nitrogens is 1. The van der Waals surface area contributed by atoms with Crippen molar-refractivity contribution in [3.63, 3.8) is 0 Å². The van der Waals surface area contributed by atoms with Crippen molar-refractivity contribution in [2.45, 2.75) is 43.8 Å². The lowest BCUT2D eigenvalue weighted by Crippen LogP contribution is -2.43. The van der Waals surface area contributed by atoms with Crippen LogP contribution in [-0.2, 0) is 0 Å². The Bertz CT molecular complexity index is 692. The highest BCUT2D eigenvalue weighted by Gasteiger charge is 2.34. The van der Waals surface area contributed by atoms with E-state index in [1.54, 1.807) is 6.20 Å². The minimum Gasteiger partial charge on any atom is -0.381 e. The highest BCUT2D eigenvalue weighted by atomic mass is 35.5. The summed E-state index contributed by atoms with van der Waals surface area (Å²) < 4.78 is 0. The number of piperidine rings is 1. The highest BCUT2D eigenvalue weighted by molar-refractivity contribution is 6.05. The van der Waals surface area contributed by atoms with Crippen LogP contribution in [0.1, 0.15) is 36.0 Å². The van der Waals surface area contributed by atoms with Gasteiger partial charge in [0.15, 0.2) is 0 Å². The first-order valence-corrected chi connectivity index (χ1v) is 7.49. The van der Waals surface area contributed by atoms with E-state index in [1.165, 1.54) is 12.8 Å². The fraction of sp³-hybridized carbons (Fsp3) is 0.467. The molecule has 1 unspecified atom stereocenters. The van der Waals surface area contributed by atoms with E-state index in [0.29, 0.717) is 23.7 Å². The summed E-state index contributed by atoms with van der Waals surface area (Å²) in [5, 5.41) is 8.11. The molecule has 8 heteroatoms. The van der Waals surface area contributed by atoms with Crippen molar-refractivity contribution in [1.82, 2.24) is 15.3 Å². The van der Waals surface area contributed by atoms with E-state index in [0.717, 1.165) is 29.6 Å². The average molecular weight is 358 g/mol. The third-order valence-electron chi connectivity index (χ3n) is 4.67. The molecule has 2 aromatic heterocycles. The van der Waals surface area contributed by atoms with E-state index in [1.807, 2.05) is 12.3 Å². The van der Waals surface area contributed by atoms with Gasteiger partial charge >= 0.3 is 0 Å². The Balaban J connectivity index is 0.000000960. The van der Waals surface area contributed by atoms with Gasteiger partial charge in [0.05, 0.1) is 11.3 Å². The molecule has 2 fully saturated rings. The average Bonchev–Trinajstić information content (AvgIpc) is 3.05. The van der Waals surface area contributed by atoms with Crippen LogP contribution in [0.15, 0.2) is 18.5 Å². The number of pyridine rings is 1. The third kappa shape index (κ3) is 3.24. The second-order valence-corrected chi connectivity index (χ2v) is 6.10. The first-order chi connectivity index (χ1) is 10.2. The molecule has 2 aromatic rings. The van der Waals surface area contributed by atoms with E-state index in [4.69, 9.17) is 5.73 Å². The number of fused-ring (bicyclic) bond motifs is 3. The second-order valence-electron chi connectivity index (χ2n) is 6.10. The van der Waals surface area contributed by atoms with Gasteiger partial charge in [0, 0.05) is 35.9 Å². The molecule has 5 N–H and O–H groups in total. The zero-order chi connectivity index (χ0) is 14.4. The van der Waals surface area contributed by atoms with Crippen LogP contribution >= 0.6 is 24.8 Å². The van der Waals surface area contributed by atoms with Gasteiger partial charge in [0.1, 0.15) is 5.65 Å². The van der Waals surface area contributed by atoms with Crippen molar-refractivity contribution < 1.29 is 4.79 Å². The summed E-state index contributed by atoms with van der Waals surface area (Å²) in [5.74, 6) is -0.440. The molecule has 23 heavy (non-hydrogen) atoms. The SMILES string of the molecule is Cl.Cl.NC(=O)c1cnc2[nH]ccc2c1NC1C[C@H]2CC[C@@H](C1)N2. The Labute approximate surface area is 146 Å². The summed E-state index contributed by atoms with van der Waals surface area (Å²) >= 11 is 0. The molecule has 126 valence electrons. The Morgan fingerprint density at radius 1 is 1.26 bits per heavy atom. The van der Waals surface area contributed by atoms with E-state index in [-0.39, 0.29) is 24.8 Å². The number of aromatic nitrogens is 2. The summed E-state index contributed by atoms with van der Waals surface area (Å²) in [5.41, 5.74) is 7.57. The molecule has 6 nitrogen and oxygen atoms in total. The number of rotatable bonds is 3. The maximum absolute atomic E-state index is 11.7. The molecule has 0 aromatic carbocycles. The maximum atomic E-state index is 11.7. The number of hydrogen-bond acceptors (Lipinski definition) is 4. The largest absolute Gasteiger partial charge is 0.381 e. The fourth-order valence-electron chi connectivity index (χ4n) is 3.73. The van der Waals surface area contributed by atoms with Crippen LogP contribution in [0.4, 0.5) is 5.69 Å². The van der Waals surface area contributed by atoms with Gasteiger partial charge in [0.25, 0.3) is 5.91 Å². The van der Waals surface area contributed by atoms with E-state index in [2.05, 4.69) is 20.6 Å². The van der Waals surface area contributed by atoms with Gasteiger partial charge in [-0.05, 0) is 31.7 Å². The van der Waals surface area contributed by atoms with Crippen LogP contribution in [-0.4, -0.2) is 34.0 Å². The Morgan fingerprint density at radius 2 is 1.96 bits per heavy atom. The molecule has 2 aliphatic rings. The van der Waals surface area contributed by atoms with Crippen molar-refractivity contribution in [3.8, 4) is 0 Å². The van der Waals surface area contributed by atoms with Gasteiger partial charge in [-0.2, -0.15) is 0 Å².